The van der Waals surface area contributed by atoms with Crippen LogP contribution in [0.5, 0.6) is 5.75 Å². The molecule has 4 aromatic carbocycles. The van der Waals surface area contributed by atoms with Gasteiger partial charge in [0.1, 0.15) is 5.75 Å². The van der Waals surface area contributed by atoms with Gasteiger partial charge in [-0.1, -0.05) is 59.1 Å². The lowest BCUT2D eigenvalue weighted by atomic mass is 10.1. The number of benzene rings is 4. The molecule has 0 aliphatic carbocycles. The smallest absolute Gasteiger partial charge is 0.271 e. The lowest BCUT2D eigenvalue weighted by Gasteiger charge is -2.10. The van der Waals surface area contributed by atoms with Gasteiger partial charge in [-0.05, 0) is 79.6 Å². The summed E-state index contributed by atoms with van der Waals surface area (Å²) < 4.78 is 5.56. The molecule has 0 aliphatic heterocycles. The standard InChI is InChI=1S/C33H27Cl2N5O3S/c1-20-3-11-25(12-4-20)38-33-39-29(19-44-33)23-7-9-24(10-8-23)32(42)40-36-17-22-6-14-30(28(35)15-22)43-18-31(41)37-26-13-5-21(2)27(34)16-26/h3-17,19H,18H2,1-2H3,(H,37,41)(H,38,39)(H,40,42)/b36-17+. The maximum absolute atomic E-state index is 12.6. The van der Waals surface area contributed by atoms with Gasteiger partial charge in [-0.15, -0.1) is 11.3 Å². The van der Waals surface area contributed by atoms with E-state index in [2.05, 4.69) is 26.1 Å². The first-order valence-corrected chi connectivity index (χ1v) is 15.1. The lowest BCUT2D eigenvalue weighted by molar-refractivity contribution is -0.118. The highest BCUT2D eigenvalue weighted by Gasteiger charge is 2.10. The minimum absolute atomic E-state index is 0.235. The normalized spacial score (nSPS) is 10.9. The summed E-state index contributed by atoms with van der Waals surface area (Å²) in [6.07, 6.45) is 1.47. The average molecular weight is 645 g/mol. The molecule has 0 fully saturated rings. The number of nitrogens with one attached hydrogen (secondary N) is 3. The van der Waals surface area contributed by atoms with Crippen LogP contribution in [0.3, 0.4) is 0 Å². The molecule has 0 unspecified atom stereocenters. The van der Waals surface area contributed by atoms with E-state index >= 15 is 0 Å². The number of amides is 2. The van der Waals surface area contributed by atoms with Gasteiger partial charge in [0.25, 0.3) is 11.8 Å². The maximum atomic E-state index is 12.6. The van der Waals surface area contributed by atoms with Crippen molar-refractivity contribution in [1.82, 2.24) is 10.4 Å². The fourth-order valence-corrected chi connectivity index (χ4v) is 5.14. The summed E-state index contributed by atoms with van der Waals surface area (Å²) in [4.78, 5) is 29.5. The van der Waals surface area contributed by atoms with Crippen molar-refractivity contribution >= 4 is 69.1 Å². The van der Waals surface area contributed by atoms with Crippen LogP contribution in [0.25, 0.3) is 11.3 Å². The number of ether oxygens (including phenoxy) is 1. The van der Waals surface area contributed by atoms with Gasteiger partial charge in [0, 0.05) is 32.9 Å². The van der Waals surface area contributed by atoms with Crippen molar-refractivity contribution in [3.63, 3.8) is 0 Å². The molecule has 11 heteroatoms. The SMILES string of the molecule is Cc1ccc(Nc2nc(-c3ccc(C(=O)N/N=C/c4ccc(OCC(=O)Nc5ccc(C)c(Cl)c5)c(Cl)c4)cc3)cs2)cc1. The van der Waals surface area contributed by atoms with E-state index in [0.717, 1.165) is 27.6 Å². The Morgan fingerprint density at radius 3 is 2.39 bits per heavy atom. The Kier molecular flexibility index (Phi) is 9.91. The van der Waals surface area contributed by atoms with E-state index in [0.29, 0.717) is 32.6 Å². The molecule has 5 aromatic rings. The highest BCUT2D eigenvalue weighted by molar-refractivity contribution is 7.14. The predicted octanol–water partition coefficient (Wildman–Crippen LogP) is 8.26. The summed E-state index contributed by atoms with van der Waals surface area (Å²) in [5.41, 5.74) is 8.97. The van der Waals surface area contributed by atoms with E-state index < -0.39 is 0 Å². The van der Waals surface area contributed by atoms with Crippen molar-refractivity contribution < 1.29 is 14.3 Å². The summed E-state index contributed by atoms with van der Waals surface area (Å²) in [6, 6.07) is 25.4. The summed E-state index contributed by atoms with van der Waals surface area (Å²) in [5, 5.41) is 13.7. The summed E-state index contributed by atoms with van der Waals surface area (Å²) in [5.74, 6) is -0.378. The zero-order valence-corrected chi connectivity index (χ0v) is 26.1. The minimum Gasteiger partial charge on any atom is -0.482 e. The molecule has 222 valence electrons. The van der Waals surface area contributed by atoms with Crippen LogP contribution in [-0.2, 0) is 4.79 Å². The zero-order chi connectivity index (χ0) is 31.1. The van der Waals surface area contributed by atoms with E-state index in [9.17, 15) is 9.59 Å². The molecular weight excluding hydrogens is 617 g/mol. The highest BCUT2D eigenvalue weighted by Crippen LogP contribution is 2.28. The van der Waals surface area contributed by atoms with Gasteiger partial charge < -0.3 is 15.4 Å². The third-order valence-corrected chi connectivity index (χ3v) is 7.86. The van der Waals surface area contributed by atoms with Gasteiger partial charge in [-0.2, -0.15) is 5.10 Å². The third-order valence-electron chi connectivity index (χ3n) is 6.40. The van der Waals surface area contributed by atoms with Crippen LogP contribution < -0.4 is 20.8 Å². The first kappa shape index (κ1) is 30.7. The zero-order valence-electron chi connectivity index (χ0n) is 23.7. The molecule has 44 heavy (non-hydrogen) atoms. The molecule has 0 atom stereocenters. The number of hydrazone groups is 1. The van der Waals surface area contributed by atoms with Crippen molar-refractivity contribution in [2.75, 3.05) is 17.2 Å². The Morgan fingerprint density at radius 2 is 1.66 bits per heavy atom. The molecule has 0 saturated heterocycles. The third kappa shape index (κ3) is 8.23. The molecule has 0 radical (unpaired) electrons. The largest absolute Gasteiger partial charge is 0.482 e. The van der Waals surface area contributed by atoms with Crippen LogP contribution in [0.4, 0.5) is 16.5 Å². The summed E-state index contributed by atoms with van der Waals surface area (Å²) in [6.45, 7) is 3.69. The molecule has 5 rings (SSSR count). The molecule has 8 nitrogen and oxygen atoms in total. The molecule has 0 bridgehead atoms. The number of carbonyl (C=O) groups excluding carboxylic acids is 2. The first-order chi connectivity index (χ1) is 21.2. The molecule has 2 amide bonds. The Hall–Kier alpha value is -4.70. The molecule has 0 spiro atoms. The number of rotatable bonds is 10. The second-order valence-corrected chi connectivity index (χ2v) is 11.5. The number of nitrogens with zero attached hydrogens (tertiary/aromatic N) is 2. The van der Waals surface area contributed by atoms with Crippen molar-refractivity contribution in [3.05, 3.63) is 123 Å². The lowest BCUT2D eigenvalue weighted by Crippen LogP contribution is -2.20. The topological polar surface area (TPSA) is 105 Å². The van der Waals surface area contributed by atoms with E-state index in [4.69, 9.17) is 27.9 Å². The highest BCUT2D eigenvalue weighted by atomic mass is 35.5. The molecule has 0 saturated carbocycles. The monoisotopic (exact) mass is 643 g/mol. The van der Waals surface area contributed by atoms with Gasteiger partial charge >= 0.3 is 0 Å². The molecule has 1 aromatic heterocycles. The van der Waals surface area contributed by atoms with Crippen LogP contribution in [-0.4, -0.2) is 29.6 Å². The number of aryl methyl sites for hydroxylation is 2. The number of hydrogen-bond acceptors (Lipinski definition) is 7. The van der Waals surface area contributed by atoms with Crippen molar-refractivity contribution in [2.24, 2.45) is 5.10 Å². The van der Waals surface area contributed by atoms with E-state index in [1.165, 1.54) is 23.1 Å². The van der Waals surface area contributed by atoms with Crippen molar-refractivity contribution in [1.29, 1.82) is 0 Å². The van der Waals surface area contributed by atoms with E-state index in [1.54, 1.807) is 42.5 Å². The number of anilines is 3. The van der Waals surface area contributed by atoms with Crippen molar-refractivity contribution in [3.8, 4) is 17.0 Å². The summed E-state index contributed by atoms with van der Waals surface area (Å²) >= 11 is 13.9. The number of halogens is 2. The Bertz CT molecular complexity index is 1820. The minimum atomic E-state index is -0.361. The van der Waals surface area contributed by atoms with Gasteiger partial charge in [0.15, 0.2) is 11.7 Å². The number of aromatic nitrogens is 1. The van der Waals surface area contributed by atoms with E-state index in [1.807, 2.05) is 61.7 Å². The van der Waals surface area contributed by atoms with Gasteiger partial charge in [-0.25, -0.2) is 10.4 Å². The Balaban J connectivity index is 1.10. The molecular formula is C33H27Cl2N5O3S. The van der Waals surface area contributed by atoms with Gasteiger partial charge in [0.05, 0.1) is 16.9 Å². The van der Waals surface area contributed by atoms with Crippen LogP contribution in [0, 0.1) is 13.8 Å². The van der Waals surface area contributed by atoms with E-state index in [-0.39, 0.29) is 18.4 Å². The first-order valence-electron chi connectivity index (χ1n) is 13.4. The Morgan fingerprint density at radius 1 is 0.909 bits per heavy atom. The molecule has 0 aliphatic rings. The van der Waals surface area contributed by atoms with Crippen LogP contribution in [0.1, 0.15) is 27.0 Å². The fraction of sp³-hybridized carbons (Fsp3) is 0.0909. The molecule has 3 N–H and O–H groups in total. The van der Waals surface area contributed by atoms with Gasteiger partial charge in [-0.3, -0.25) is 9.59 Å². The number of hydrogen-bond donors (Lipinski definition) is 3. The van der Waals surface area contributed by atoms with Crippen LogP contribution in [0.2, 0.25) is 10.0 Å². The second-order valence-electron chi connectivity index (χ2n) is 9.80. The van der Waals surface area contributed by atoms with Crippen molar-refractivity contribution in [2.45, 2.75) is 13.8 Å². The molecule has 1 heterocycles. The number of carbonyl (C=O) groups is 2. The maximum Gasteiger partial charge on any atom is 0.271 e. The van der Waals surface area contributed by atoms with Gasteiger partial charge in [0.2, 0.25) is 0 Å². The fourth-order valence-electron chi connectivity index (χ4n) is 3.97. The second kappa shape index (κ2) is 14.2. The summed E-state index contributed by atoms with van der Waals surface area (Å²) in [7, 11) is 0. The van der Waals surface area contributed by atoms with Crippen LogP contribution in [0.15, 0.2) is 95.4 Å². The number of thiazole rings is 1. The quantitative estimate of drug-likeness (QED) is 0.105. The Labute approximate surface area is 268 Å². The average Bonchev–Trinajstić information content (AvgIpc) is 3.48. The van der Waals surface area contributed by atoms with Crippen LogP contribution >= 0.6 is 34.5 Å². The predicted molar refractivity (Wildman–Crippen MR) is 179 cm³/mol.